The first-order valence-electron chi connectivity index (χ1n) is 6.86. The van der Waals surface area contributed by atoms with E-state index in [0.29, 0.717) is 5.15 Å². The lowest BCUT2D eigenvalue weighted by Gasteiger charge is -2.08. The minimum atomic E-state index is 0.533. The third kappa shape index (κ3) is 3.00. The van der Waals surface area contributed by atoms with Gasteiger partial charge in [0, 0.05) is 5.39 Å². The molecular weight excluding hydrogens is 266 g/mol. The van der Waals surface area contributed by atoms with Crippen LogP contribution in [0.3, 0.4) is 0 Å². The van der Waals surface area contributed by atoms with Gasteiger partial charge in [0.2, 0.25) is 0 Å². The van der Waals surface area contributed by atoms with Gasteiger partial charge in [-0.3, -0.25) is 0 Å². The molecule has 3 aromatic rings. The maximum atomic E-state index is 6.10. The van der Waals surface area contributed by atoms with E-state index in [4.69, 9.17) is 11.6 Å². The summed E-state index contributed by atoms with van der Waals surface area (Å²) in [5.74, 6) is 0. The van der Waals surface area contributed by atoms with Crippen molar-refractivity contribution >= 4 is 22.5 Å². The van der Waals surface area contributed by atoms with Gasteiger partial charge in [-0.15, -0.1) is 0 Å². The molecule has 0 unspecified atom stereocenters. The van der Waals surface area contributed by atoms with E-state index in [1.165, 1.54) is 5.56 Å². The van der Waals surface area contributed by atoms with Crippen molar-refractivity contribution in [3.05, 3.63) is 65.3 Å². The Kier molecular flexibility index (Phi) is 4.75. The minimum Gasteiger partial charge on any atom is -0.236 e. The molecule has 0 saturated heterocycles. The SMILES string of the molecule is CC.Cc1ccc2nc(Cl)cc(-c3ccccc3)c2c1. The van der Waals surface area contributed by atoms with Gasteiger partial charge in [0.05, 0.1) is 5.52 Å². The molecule has 0 fully saturated rings. The number of aromatic nitrogens is 1. The van der Waals surface area contributed by atoms with E-state index in [0.717, 1.165) is 22.0 Å². The Morgan fingerprint density at radius 2 is 1.60 bits per heavy atom. The van der Waals surface area contributed by atoms with Crippen LogP contribution in [0.15, 0.2) is 54.6 Å². The zero-order valence-corrected chi connectivity index (χ0v) is 12.8. The zero-order valence-electron chi connectivity index (χ0n) is 12.0. The van der Waals surface area contributed by atoms with E-state index in [-0.39, 0.29) is 0 Å². The fourth-order valence-electron chi connectivity index (χ4n) is 2.16. The number of fused-ring (bicyclic) bond motifs is 1. The molecule has 3 rings (SSSR count). The van der Waals surface area contributed by atoms with Gasteiger partial charge < -0.3 is 0 Å². The Morgan fingerprint density at radius 3 is 2.30 bits per heavy atom. The molecule has 0 spiro atoms. The summed E-state index contributed by atoms with van der Waals surface area (Å²) in [7, 11) is 0. The number of rotatable bonds is 1. The average molecular weight is 284 g/mol. The molecule has 0 atom stereocenters. The number of hydrogen-bond acceptors (Lipinski definition) is 1. The molecule has 102 valence electrons. The van der Waals surface area contributed by atoms with Crippen LogP contribution in [0.25, 0.3) is 22.0 Å². The predicted octanol–water partition coefficient (Wildman–Crippen LogP) is 5.89. The molecule has 0 bridgehead atoms. The Hall–Kier alpha value is -1.86. The topological polar surface area (TPSA) is 12.9 Å². The van der Waals surface area contributed by atoms with Gasteiger partial charge in [-0.2, -0.15) is 0 Å². The third-order valence-electron chi connectivity index (χ3n) is 3.02. The van der Waals surface area contributed by atoms with Gasteiger partial charge in [0.25, 0.3) is 0 Å². The number of hydrogen-bond donors (Lipinski definition) is 0. The van der Waals surface area contributed by atoms with Gasteiger partial charge in [-0.05, 0) is 36.2 Å². The van der Waals surface area contributed by atoms with Crippen LogP contribution in [-0.4, -0.2) is 4.98 Å². The molecule has 0 aliphatic carbocycles. The molecule has 0 N–H and O–H groups in total. The number of benzene rings is 2. The van der Waals surface area contributed by atoms with E-state index >= 15 is 0 Å². The molecule has 0 saturated carbocycles. The van der Waals surface area contributed by atoms with E-state index in [1.54, 1.807) is 0 Å². The Bertz CT molecular complexity index is 705. The molecule has 2 heteroatoms. The summed E-state index contributed by atoms with van der Waals surface area (Å²) >= 11 is 6.10. The highest BCUT2D eigenvalue weighted by molar-refractivity contribution is 6.30. The van der Waals surface area contributed by atoms with Crippen LogP contribution in [0.2, 0.25) is 5.15 Å². The average Bonchev–Trinajstić information content (AvgIpc) is 2.50. The van der Waals surface area contributed by atoms with Crippen molar-refractivity contribution in [1.29, 1.82) is 0 Å². The smallest absolute Gasteiger partial charge is 0.130 e. The summed E-state index contributed by atoms with van der Waals surface area (Å²) in [6.45, 7) is 6.09. The van der Waals surface area contributed by atoms with Crippen molar-refractivity contribution in [2.75, 3.05) is 0 Å². The van der Waals surface area contributed by atoms with Crippen molar-refractivity contribution in [3.8, 4) is 11.1 Å². The zero-order chi connectivity index (χ0) is 14.5. The van der Waals surface area contributed by atoms with Crippen LogP contribution in [0, 0.1) is 6.92 Å². The highest BCUT2D eigenvalue weighted by Crippen LogP contribution is 2.30. The van der Waals surface area contributed by atoms with E-state index < -0.39 is 0 Å². The maximum Gasteiger partial charge on any atom is 0.130 e. The van der Waals surface area contributed by atoms with E-state index in [1.807, 2.05) is 44.2 Å². The largest absolute Gasteiger partial charge is 0.236 e. The van der Waals surface area contributed by atoms with Crippen LogP contribution in [0.4, 0.5) is 0 Å². The van der Waals surface area contributed by atoms with Gasteiger partial charge in [0.15, 0.2) is 0 Å². The van der Waals surface area contributed by atoms with Crippen LogP contribution in [0.5, 0.6) is 0 Å². The second-order valence-electron chi connectivity index (χ2n) is 4.38. The number of pyridine rings is 1. The normalized spacial score (nSPS) is 10.0. The van der Waals surface area contributed by atoms with Crippen LogP contribution >= 0.6 is 11.6 Å². The second-order valence-corrected chi connectivity index (χ2v) is 4.77. The summed E-state index contributed by atoms with van der Waals surface area (Å²) in [5, 5.41) is 1.68. The number of aryl methyl sites for hydroxylation is 1. The van der Waals surface area contributed by atoms with Crippen molar-refractivity contribution in [1.82, 2.24) is 4.98 Å². The quantitative estimate of drug-likeness (QED) is 0.507. The molecule has 1 nitrogen and oxygen atoms in total. The first-order chi connectivity index (χ1) is 9.74. The van der Waals surface area contributed by atoms with Crippen LogP contribution in [-0.2, 0) is 0 Å². The fraction of sp³-hybridized carbons (Fsp3) is 0.167. The van der Waals surface area contributed by atoms with Crippen LogP contribution < -0.4 is 0 Å². The highest BCUT2D eigenvalue weighted by atomic mass is 35.5. The standard InChI is InChI=1S/C16H12ClN.C2H6/c1-11-7-8-15-14(9-11)13(10-16(17)18-15)12-5-3-2-4-6-12;1-2/h2-10H,1H3;1-2H3. The minimum absolute atomic E-state index is 0.533. The molecule has 0 radical (unpaired) electrons. The molecular formula is C18H18ClN. The molecule has 0 aliphatic rings. The van der Waals surface area contributed by atoms with E-state index in [2.05, 4.69) is 36.2 Å². The Labute approximate surface area is 125 Å². The lowest BCUT2D eigenvalue weighted by atomic mass is 10.0. The summed E-state index contributed by atoms with van der Waals surface area (Å²) in [4.78, 5) is 4.37. The van der Waals surface area contributed by atoms with E-state index in [9.17, 15) is 0 Å². The van der Waals surface area contributed by atoms with Crippen LogP contribution in [0.1, 0.15) is 19.4 Å². The van der Waals surface area contributed by atoms with Gasteiger partial charge in [-0.25, -0.2) is 4.98 Å². The molecule has 0 amide bonds. The molecule has 1 aromatic heterocycles. The van der Waals surface area contributed by atoms with Gasteiger partial charge in [0.1, 0.15) is 5.15 Å². The second kappa shape index (κ2) is 6.53. The molecule has 1 heterocycles. The lowest BCUT2D eigenvalue weighted by Crippen LogP contribution is -1.86. The first-order valence-corrected chi connectivity index (χ1v) is 7.24. The number of nitrogens with zero attached hydrogens (tertiary/aromatic N) is 1. The van der Waals surface area contributed by atoms with Crippen molar-refractivity contribution in [2.45, 2.75) is 20.8 Å². The molecule has 2 aromatic carbocycles. The van der Waals surface area contributed by atoms with Gasteiger partial charge >= 0.3 is 0 Å². The summed E-state index contributed by atoms with van der Waals surface area (Å²) in [6, 6.07) is 18.4. The monoisotopic (exact) mass is 283 g/mol. The Morgan fingerprint density at radius 1 is 0.900 bits per heavy atom. The molecule has 20 heavy (non-hydrogen) atoms. The predicted molar refractivity (Wildman–Crippen MR) is 88.3 cm³/mol. The number of halogens is 1. The van der Waals surface area contributed by atoms with Crippen molar-refractivity contribution in [3.63, 3.8) is 0 Å². The fourth-order valence-corrected chi connectivity index (χ4v) is 2.36. The summed E-state index contributed by atoms with van der Waals surface area (Å²) in [5.41, 5.74) is 4.46. The first kappa shape index (κ1) is 14.5. The van der Waals surface area contributed by atoms with Crippen molar-refractivity contribution < 1.29 is 0 Å². The van der Waals surface area contributed by atoms with Crippen molar-refractivity contribution in [2.24, 2.45) is 0 Å². The lowest BCUT2D eigenvalue weighted by molar-refractivity contribution is 1.39. The summed E-state index contributed by atoms with van der Waals surface area (Å²) < 4.78 is 0. The third-order valence-corrected chi connectivity index (χ3v) is 3.21. The maximum absolute atomic E-state index is 6.10. The van der Waals surface area contributed by atoms with Gasteiger partial charge in [-0.1, -0.05) is 67.4 Å². The highest BCUT2D eigenvalue weighted by Gasteiger charge is 2.06. The summed E-state index contributed by atoms with van der Waals surface area (Å²) in [6.07, 6.45) is 0. The Balaban J connectivity index is 0.000000704. The molecule has 0 aliphatic heterocycles.